The molecular weight excluding hydrogens is 288 g/mol. The molecule has 0 bridgehead atoms. The minimum atomic E-state index is -3.40. The van der Waals surface area contributed by atoms with Gasteiger partial charge in [0.05, 0.1) is 11.4 Å². The average molecular weight is 308 g/mol. The smallest absolute Gasteiger partial charge is 0.240 e. The highest BCUT2D eigenvalue weighted by molar-refractivity contribution is 7.89. The SMILES string of the molecule is CNS(=O)(=O)c1cccc([C@@H](C)NCCn2cccn2)c1. The van der Waals surface area contributed by atoms with E-state index in [1.54, 1.807) is 24.4 Å². The summed E-state index contributed by atoms with van der Waals surface area (Å²) in [5, 5.41) is 7.49. The third-order valence-corrected chi connectivity index (χ3v) is 4.70. The molecule has 0 aliphatic carbocycles. The van der Waals surface area contributed by atoms with Crippen LogP contribution in [-0.4, -0.2) is 31.8 Å². The number of sulfonamides is 1. The molecule has 1 aromatic carbocycles. The second-order valence-electron chi connectivity index (χ2n) is 4.72. The molecule has 114 valence electrons. The van der Waals surface area contributed by atoms with Gasteiger partial charge in [-0.25, -0.2) is 13.1 Å². The fourth-order valence-electron chi connectivity index (χ4n) is 2.02. The summed E-state index contributed by atoms with van der Waals surface area (Å²) in [6.07, 6.45) is 3.65. The Labute approximate surface area is 125 Å². The van der Waals surface area contributed by atoms with E-state index >= 15 is 0 Å². The van der Waals surface area contributed by atoms with Crippen LogP contribution in [0.5, 0.6) is 0 Å². The van der Waals surface area contributed by atoms with Crippen LogP contribution >= 0.6 is 0 Å². The molecule has 21 heavy (non-hydrogen) atoms. The summed E-state index contributed by atoms with van der Waals surface area (Å²) in [5.74, 6) is 0. The lowest BCUT2D eigenvalue weighted by Crippen LogP contribution is -2.24. The molecule has 0 aliphatic rings. The number of nitrogens with one attached hydrogen (secondary N) is 2. The molecule has 2 aromatic rings. The van der Waals surface area contributed by atoms with Gasteiger partial charge < -0.3 is 5.32 Å². The maximum absolute atomic E-state index is 11.8. The minimum absolute atomic E-state index is 0.0626. The molecule has 0 fully saturated rings. The Morgan fingerprint density at radius 2 is 2.14 bits per heavy atom. The largest absolute Gasteiger partial charge is 0.308 e. The van der Waals surface area contributed by atoms with Crippen molar-refractivity contribution in [2.45, 2.75) is 24.4 Å². The predicted octanol–water partition coefficient (Wildman–Crippen LogP) is 1.14. The molecule has 0 spiro atoms. The van der Waals surface area contributed by atoms with E-state index in [1.165, 1.54) is 7.05 Å². The summed E-state index contributed by atoms with van der Waals surface area (Å²) in [6.45, 7) is 3.53. The van der Waals surface area contributed by atoms with Crippen molar-refractivity contribution >= 4 is 10.0 Å². The van der Waals surface area contributed by atoms with Gasteiger partial charge in [0.1, 0.15) is 0 Å². The van der Waals surface area contributed by atoms with Gasteiger partial charge in [-0.15, -0.1) is 0 Å². The first kappa shape index (κ1) is 15.7. The molecule has 0 unspecified atom stereocenters. The van der Waals surface area contributed by atoms with Crippen LogP contribution in [0.15, 0.2) is 47.6 Å². The molecule has 1 atom stereocenters. The van der Waals surface area contributed by atoms with Crippen molar-refractivity contribution in [1.82, 2.24) is 19.8 Å². The Morgan fingerprint density at radius 3 is 2.81 bits per heavy atom. The molecule has 6 nitrogen and oxygen atoms in total. The minimum Gasteiger partial charge on any atom is -0.308 e. The van der Waals surface area contributed by atoms with Crippen molar-refractivity contribution < 1.29 is 8.42 Å². The van der Waals surface area contributed by atoms with E-state index in [4.69, 9.17) is 0 Å². The molecule has 0 radical (unpaired) electrons. The fourth-order valence-corrected chi connectivity index (χ4v) is 2.80. The quantitative estimate of drug-likeness (QED) is 0.804. The molecule has 1 heterocycles. The van der Waals surface area contributed by atoms with Gasteiger partial charge in [-0.1, -0.05) is 12.1 Å². The molecule has 2 N–H and O–H groups in total. The number of hydrogen-bond donors (Lipinski definition) is 2. The van der Waals surface area contributed by atoms with E-state index in [2.05, 4.69) is 15.1 Å². The van der Waals surface area contributed by atoms with Crippen LogP contribution in [0.2, 0.25) is 0 Å². The van der Waals surface area contributed by atoms with Crippen LogP contribution in [0.4, 0.5) is 0 Å². The van der Waals surface area contributed by atoms with Crippen molar-refractivity contribution in [2.75, 3.05) is 13.6 Å². The third-order valence-electron chi connectivity index (χ3n) is 3.29. The van der Waals surface area contributed by atoms with Crippen LogP contribution in [-0.2, 0) is 16.6 Å². The van der Waals surface area contributed by atoms with E-state index in [0.29, 0.717) is 0 Å². The van der Waals surface area contributed by atoms with Crippen LogP contribution in [0.3, 0.4) is 0 Å². The van der Waals surface area contributed by atoms with Crippen molar-refractivity contribution in [3.63, 3.8) is 0 Å². The predicted molar refractivity (Wildman–Crippen MR) is 81.3 cm³/mol. The molecule has 2 rings (SSSR count). The van der Waals surface area contributed by atoms with Gasteiger partial charge in [-0.2, -0.15) is 5.10 Å². The summed E-state index contributed by atoms with van der Waals surface area (Å²) in [5.41, 5.74) is 0.937. The second kappa shape index (κ2) is 6.84. The van der Waals surface area contributed by atoms with Crippen molar-refractivity contribution in [3.8, 4) is 0 Å². The Morgan fingerprint density at radius 1 is 1.33 bits per heavy atom. The van der Waals surface area contributed by atoms with Crippen LogP contribution in [0.1, 0.15) is 18.5 Å². The van der Waals surface area contributed by atoms with E-state index in [-0.39, 0.29) is 10.9 Å². The molecule has 0 saturated heterocycles. The van der Waals surface area contributed by atoms with Crippen molar-refractivity contribution in [1.29, 1.82) is 0 Å². The van der Waals surface area contributed by atoms with E-state index in [1.807, 2.05) is 29.9 Å². The summed E-state index contributed by atoms with van der Waals surface area (Å²) in [7, 11) is -1.99. The Bertz CT molecular complexity index is 668. The maximum Gasteiger partial charge on any atom is 0.240 e. The van der Waals surface area contributed by atoms with Gasteiger partial charge in [0.15, 0.2) is 0 Å². The lowest BCUT2D eigenvalue weighted by molar-refractivity contribution is 0.507. The van der Waals surface area contributed by atoms with E-state index in [9.17, 15) is 8.42 Å². The van der Waals surface area contributed by atoms with E-state index < -0.39 is 10.0 Å². The molecule has 7 heteroatoms. The van der Waals surface area contributed by atoms with Gasteiger partial charge in [0.2, 0.25) is 10.0 Å². The molecular formula is C14H20N4O2S. The van der Waals surface area contributed by atoms with Crippen LogP contribution in [0.25, 0.3) is 0 Å². The normalized spacial score (nSPS) is 13.2. The van der Waals surface area contributed by atoms with E-state index in [0.717, 1.165) is 18.7 Å². The topological polar surface area (TPSA) is 76.0 Å². The van der Waals surface area contributed by atoms with Gasteiger partial charge >= 0.3 is 0 Å². The number of nitrogens with zero attached hydrogens (tertiary/aromatic N) is 2. The Kier molecular flexibility index (Phi) is 5.11. The third kappa shape index (κ3) is 4.13. The monoisotopic (exact) mass is 308 g/mol. The number of benzene rings is 1. The summed E-state index contributed by atoms with van der Waals surface area (Å²) >= 11 is 0. The first-order chi connectivity index (χ1) is 10.0. The summed E-state index contributed by atoms with van der Waals surface area (Å²) in [6, 6.07) is 8.90. The lowest BCUT2D eigenvalue weighted by Gasteiger charge is -2.15. The molecule has 1 aromatic heterocycles. The van der Waals surface area contributed by atoms with Crippen molar-refractivity contribution in [2.24, 2.45) is 0 Å². The fraction of sp³-hybridized carbons (Fsp3) is 0.357. The summed E-state index contributed by atoms with van der Waals surface area (Å²) < 4.78 is 27.8. The first-order valence-electron chi connectivity index (χ1n) is 6.77. The van der Waals surface area contributed by atoms with Gasteiger partial charge in [-0.3, -0.25) is 4.68 Å². The highest BCUT2D eigenvalue weighted by Gasteiger charge is 2.13. The Hall–Kier alpha value is -1.70. The number of aromatic nitrogens is 2. The van der Waals surface area contributed by atoms with Gasteiger partial charge in [0, 0.05) is 25.0 Å². The lowest BCUT2D eigenvalue weighted by atomic mass is 10.1. The van der Waals surface area contributed by atoms with Gasteiger partial charge in [-0.05, 0) is 37.7 Å². The second-order valence-corrected chi connectivity index (χ2v) is 6.61. The zero-order chi connectivity index (χ0) is 15.3. The molecule has 0 saturated carbocycles. The summed E-state index contributed by atoms with van der Waals surface area (Å²) in [4.78, 5) is 0.281. The van der Waals surface area contributed by atoms with Crippen molar-refractivity contribution in [3.05, 3.63) is 48.3 Å². The van der Waals surface area contributed by atoms with Gasteiger partial charge in [0.25, 0.3) is 0 Å². The van der Waals surface area contributed by atoms with Crippen LogP contribution in [0, 0.1) is 0 Å². The standard InChI is InChI=1S/C14H20N4O2S/c1-12(16-8-10-18-9-4-7-17-18)13-5-3-6-14(11-13)21(19,20)15-2/h3-7,9,11-12,15-16H,8,10H2,1-2H3/t12-/m1/s1. The van der Waals surface area contributed by atoms with Crippen LogP contribution < -0.4 is 10.0 Å². The highest BCUT2D eigenvalue weighted by Crippen LogP contribution is 2.17. The highest BCUT2D eigenvalue weighted by atomic mass is 32.2. The first-order valence-corrected chi connectivity index (χ1v) is 8.25. The average Bonchev–Trinajstić information content (AvgIpc) is 3.00. The number of hydrogen-bond acceptors (Lipinski definition) is 4. The molecule has 0 amide bonds. The molecule has 0 aliphatic heterocycles. The zero-order valence-corrected chi connectivity index (χ0v) is 13.0. The Balaban J connectivity index is 1.99. The maximum atomic E-state index is 11.8. The zero-order valence-electron chi connectivity index (χ0n) is 12.2. The number of rotatable bonds is 7.